The van der Waals surface area contributed by atoms with Crippen molar-refractivity contribution in [3.8, 4) is 5.75 Å². The molecular weight excluding hydrogens is 333 g/mol. The number of hydrazine groups is 1. The number of rotatable bonds is 5. The number of hydrogen-bond donors (Lipinski definition) is 3. The van der Waals surface area contributed by atoms with Gasteiger partial charge in [-0.05, 0) is 37.3 Å². The molecule has 8 heteroatoms. The number of hydrogen-bond acceptors (Lipinski definition) is 3. The third-order valence-electron chi connectivity index (χ3n) is 2.12. The summed E-state index contributed by atoms with van der Waals surface area (Å²) < 4.78 is 5.26. The van der Waals surface area contributed by atoms with Gasteiger partial charge in [-0.3, -0.25) is 15.6 Å². The number of nitrogens with one attached hydrogen (secondary N) is 3. The molecule has 1 amide bonds. The summed E-state index contributed by atoms with van der Waals surface area (Å²) in [6, 6.07) is 4.74. The SMILES string of the molecule is C=C(C)CNC(=S)NNC(=O)COc1ccc(Cl)cc1Cl. The highest BCUT2D eigenvalue weighted by Crippen LogP contribution is 2.27. The van der Waals surface area contributed by atoms with Gasteiger partial charge in [0.05, 0.1) is 5.02 Å². The summed E-state index contributed by atoms with van der Waals surface area (Å²) in [5.74, 6) is -0.0281. The average molecular weight is 348 g/mol. The third kappa shape index (κ3) is 7.17. The molecule has 0 bridgehead atoms. The summed E-state index contributed by atoms with van der Waals surface area (Å²) in [5, 5.41) is 3.97. The molecule has 0 unspecified atom stereocenters. The Morgan fingerprint density at radius 2 is 2.10 bits per heavy atom. The lowest BCUT2D eigenvalue weighted by Gasteiger charge is -2.12. The van der Waals surface area contributed by atoms with Gasteiger partial charge in [0.15, 0.2) is 11.7 Å². The van der Waals surface area contributed by atoms with Crippen LogP contribution in [0.3, 0.4) is 0 Å². The summed E-state index contributed by atoms with van der Waals surface area (Å²) in [4.78, 5) is 11.6. The van der Waals surface area contributed by atoms with Crippen molar-refractivity contribution in [2.45, 2.75) is 6.92 Å². The molecule has 0 radical (unpaired) electrons. The van der Waals surface area contributed by atoms with E-state index < -0.39 is 5.91 Å². The molecule has 0 heterocycles. The lowest BCUT2D eigenvalue weighted by Crippen LogP contribution is -2.48. The topological polar surface area (TPSA) is 62.4 Å². The van der Waals surface area contributed by atoms with Crippen LogP contribution in [-0.2, 0) is 4.79 Å². The Kier molecular flexibility index (Phi) is 7.28. The first-order chi connectivity index (χ1) is 9.88. The maximum absolute atomic E-state index is 11.6. The first-order valence-corrected chi connectivity index (χ1v) is 7.10. The molecule has 0 aromatic heterocycles. The molecule has 0 aliphatic rings. The predicted molar refractivity (Wildman–Crippen MR) is 88.7 cm³/mol. The fourth-order valence-electron chi connectivity index (χ4n) is 1.17. The first-order valence-electron chi connectivity index (χ1n) is 5.93. The molecule has 0 atom stereocenters. The van der Waals surface area contributed by atoms with Crippen molar-refractivity contribution in [1.29, 1.82) is 0 Å². The minimum absolute atomic E-state index is 0.211. The molecule has 0 aliphatic heterocycles. The molecule has 0 spiro atoms. The minimum Gasteiger partial charge on any atom is -0.482 e. The van der Waals surface area contributed by atoms with E-state index in [-0.39, 0.29) is 11.7 Å². The molecule has 3 N–H and O–H groups in total. The molecule has 1 aromatic rings. The van der Waals surface area contributed by atoms with Crippen LogP contribution in [0.5, 0.6) is 5.75 Å². The van der Waals surface area contributed by atoms with Gasteiger partial charge >= 0.3 is 0 Å². The Hall–Kier alpha value is -1.50. The summed E-state index contributed by atoms with van der Waals surface area (Å²) in [7, 11) is 0. The fourth-order valence-corrected chi connectivity index (χ4v) is 1.76. The number of carbonyl (C=O) groups is 1. The van der Waals surface area contributed by atoms with Crippen molar-refractivity contribution < 1.29 is 9.53 Å². The molecule has 0 aliphatic carbocycles. The van der Waals surface area contributed by atoms with Crippen LogP contribution < -0.4 is 20.9 Å². The quantitative estimate of drug-likeness (QED) is 0.433. The lowest BCUT2D eigenvalue weighted by atomic mass is 10.3. The zero-order valence-electron chi connectivity index (χ0n) is 11.3. The van der Waals surface area contributed by atoms with Gasteiger partial charge < -0.3 is 10.1 Å². The molecule has 5 nitrogen and oxygen atoms in total. The third-order valence-corrected chi connectivity index (χ3v) is 2.90. The Bertz CT molecular complexity index is 552. The highest BCUT2D eigenvalue weighted by Gasteiger charge is 2.06. The van der Waals surface area contributed by atoms with Gasteiger partial charge in [0.2, 0.25) is 0 Å². The Labute approximate surface area is 138 Å². The van der Waals surface area contributed by atoms with Crippen LogP contribution in [-0.4, -0.2) is 24.2 Å². The number of amides is 1. The van der Waals surface area contributed by atoms with E-state index in [1.807, 2.05) is 6.92 Å². The molecular formula is C13H15Cl2N3O2S. The maximum atomic E-state index is 11.6. The van der Waals surface area contributed by atoms with Gasteiger partial charge in [0.25, 0.3) is 5.91 Å². The predicted octanol–water partition coefficient (Wildman–Crippen LogP) is 2.44. The molecule has 0 saturated carbocycles. The van der Waals surface area contributed by atoms with Crippen molar-refractivity contribution in [2.75, 3.05) is 13.2 Å². The van der Waals surface area contributed by atoms with Crippen LogP contribution in [0.2, 0.25) is 10.0 Å². The number of carbonyl (C=O) groups excluding carboxylic acids is 1. The molecule has 1 rings (SSSR count). The Morgan fingerprint density at radius 1 is 1.38 bits per heavy atom. The van der Waals surface area contributed by atoms with Crippen LogP contribution in [0, 0.1) is 0 Å². The van der Waals surface area contributed by atoms with Crippen LogP contribution >= 0.6 is 35.4 Å². The van der Waals surface area contributed by atoms with E-state index in [2.05, 4.69) is 22.7 Å². The highest BCUT2D eigenvalue weighted by atomic mass is 35.5. The van der Waals surface area contributed by atoms with Crippen LogP contribution in [0.15, 0.2) is 30.4 Å². The van der Waals surface area contributed by atoms with E-state index in [0.29, 0.717) is 22.3 Å². The minimum atomic E-state index is -0.402. The number of benzene rings is 1. The molecule has 0 saturated heterocycles. The summed E-state index contributed by atoms with van der Waals surface area (Å²) in [6.45, 7) is 5.90. The van der Waals surface area contributed by atoms with Gasteiger partial charge in [-0.15, -0.1) is 0 Å². The van der Waals surface area contributed by atoms with Gasteiger partial charge in [-0.1, -0.05) is 35.4 Å². The van der Waals surface area contributed by atoms with Crippen molar-refractivity contribution in [3.63, 3.8) is 0 Å². The standard InChI is InChI=1S/C13H15Cl2N3O2S/c1-8(2)6-16-13(21)18-17-12(19)7-20-11-4-3-9(14)5-10(11)15/h3-5H,1,6-7H2,2H3,(H,17,19)(H2,16,18,21). The summed E-state index contributed by atoms with van der Waals surface area (Å²) in [5.41, 5.74) is 5.86. The number of thiocarbonyl (C=S) groups is 1. The number of ether oxygens (including phenoxy) is 1. The zero-order valence-corrected chi connectivity index (χ0v) is 13.7. The Morgan fingerprint density at radius 3 is 2.71 bits per heavy atom. The lowest BCUT2D eigenvalue weighted by molar-refractivity contribution is -0.123. The van der Waals surface area contributed by atoms with E-state index >= 15 is 0 Å². The molecule has 114 valence electrons. The van der Waals surface area contributed by atoms with Gasteiger partial charge in [-0.2, -0.15) is 0 Å². The second kappa shape index (κ2) is 8.71. The average Bonchev–Trinajstić information content (AvgIpc) is 2.41. The number of halogens is 2. The van der Waals surface area contributed by atoms with Crippen molar-refractivity contribution in [1.82, 2.24) is 16.2 Å². The van der Waals surface area contributed by atoms with Crippen LogP contribution in [0.4, 0.5) is 0 Å². The van der Waals surface area contributed by atoms with Crippen LogP contribution in [0.25, 0.3) is 0 Å². The zero-order chi connectivity index (χ0) is 15.8. The van der Waals surface area contributed by atoms with Crippen LogP contribution in [0.1, 0.15) is 6.92 Å². The fraction of sp³-hybridized carbons (Fsp3) is 0.231. The first kappa shape index (κ1) is 17.6. The van der Waals surface area contributed by atoms with Gasteiger partial charge in [-0.25, -0.2) is 0 Å². The van der Waals surface area contributed by atoms with E-state index in [1.165, 1.54) is 6.07 Å². The van der Waals surface area contributed by atoms with Crippen molar-refractivity contribution >= 4 is 46.4 Å². The second-order valence-corrected chi connectivity index (χ2v) is 5.43. The van der Waals surface area contributed by atoms with E-state index in [1.54, 1.807) is 12.1 Å². The maximum Gasteiger partial charge on any atom is 0.276 e. The van der Waals surface area contributed by atoms with Gasteiger partial charge in [0.1, 0.15) is 5.75 Å². The molecule has 1 aromatic carbocycles. The normalized spacial score (nSPS) is 9.67. The molecule has 21 heavy (non-hydrogen) atoms. The van der Waals surface area contributed by atoms with E-state index in [0.717, 1.165) is 5.57 Å². The van der Waals surface area contributed by atoms with Crippen molar-refractivity contribution in [3.05, 3.63) is 40.4 Å². The summed E-state index contributed by atoms with van der Waals surface area (Å²) >= 11 is 16.6. The highest BCUT2D eigenvalue weighted by molar-refractivity contribution is 7.80. The largest absolute Gasteiger partial charge is 0.482 e. The summed E-state index contributed by atoms with van der Waals surface area (Å²) in [6.07, 6.45) is 0. The van der Waals surface area contributed by atoms with Crippen molar-refractivity contribution in [2.24, 2.45) is 0 Å². The molecule has 0 fully saturated rings. The Balaban J connectivity index is 2.31. The van der Waals surface area contributed by atoms with Gasteiger partial charge in [0, 0.05) is 11.6 Å². The second-order valence-electron chi connectivity index (χ2n) is 4.18. The monoisotopic (exact) mass is 347 g/mol. The smallest absolute Gasteiger partial charge is 0.276 e. The van der Waals surface area contributed by atoms with E-state index in [9.17, 15) is 4.79 Å². The van der Waals surface area contributed by atoms with E-state index in [4.69, 9.17) is 40.2 Å².